The number of likely N-dealkylation sites (tertiary alicyclic amines) is 1. The number of carbonyl (C=O) groups excluding carboxylic acids is 2. The zero-order valence-electron chi connectivity index (χ0n) is 18.9. The minimum Gasteiger partial charge on any atom is -0.457 e. The number of halogens is 2. The van der Waals surface area contributed by atoms with Gasteiger partial charge in [0.25, 0.3) is 5.91 Å². The molecule has 10 heteroatoms. The molecule has 1 unspecified atom stereocenters. The van der Waals surface area contributed by atoms with Crippen LogP contribution in [-0.4, -0.2) is 46.3 Å². The zero-order valence-corrected chi connectivity index (χ0v) is 19.6. The summed E-state index contributed by atoms with van der Waals surface area (Å²) in [6, 6.07) is 13.8. The fourth-order valence-corrected chi connectivity index (χ4v) is 4.22. The van der Waals surface area contributed by atoms with E-state index in [1.165, 1.54) is 12.2 Å². The van der Waals surface area contributed by atoms with E-state index in [9.17, 15) is 14.0 Å². The molecule has 0 saturated carbocycles. The van der Waals surface area contributed by atoms with Crippen LogP contribution in [0.4, 0.5) is 10.2 Å². The number of hydrogen-bond donors (Lipinski definition) is 2. The van der Waals surface area contributed by atoms with Crippen LogP contribution in [-0.2, 0) is 4.79 Å². The fourth-order valence-electron chi connectivity index (χ4n) is 4.10. The molecular weight excluding hydrogens is 473 g/mol. The molecule has 35 heavy (non-hydrogen) atoms. The van der Waals surface area contributed by atoms with Gasteiger partial charge in [0.15, 0.2) is 0 Å². The number of aromatic nitrogens is 2. The lowest BCUT2D eigenvalue weighted by atomic mass is 10.1. The summed E-state index contributed by atoms with van der Waals surface area (Å²) in [5.74, 6) is 0.398. The third kappa shape index (κ3) is 5.46. The fraction of sp³-hybridized carbons (Fsp3) is 0.240. The first-order valence-corrected chi connectivity index (χ1v) is 11.5. The molecule has 0 bridgehead atoms. The Labute approximate surface area is 206 Å². The normalized spacial score (nSPS) is 15.9. The van der Waals surface area contributed by atoms with Gasteiger partial charge in [0.2, 0.25) is 5.91 Å². The summed E-state index contributed by atoms with van der Waals surface area (Å²) in [6.07, 6.45) is 3.84. The molecule has 1 atom stereocenters. The maximum absolute atomic E-state index is 12.4. The average Bonchev–Trinajstić information content (AvgIpc) is 3.21. The summed E-state index contributed by atoms with van der Waals surface area (Å²) in [4.78, 5) is 26.2. The SMILES string of the molecule is NC(=O)c1c(-c2ccc(Oc3ccc(Cl)cc3)cc2)nn(C2CCCN(C(=O)/C=C/CF)C2)c1N. The molecule has 1 saturated heterocycles. The first kappa shape index (κ1) is 24.3. The lowest BCUT2D eigenvalue weighted by Gasteiger charge is -2.32. The smallest absolute Gasteiger partial charge is 0.254 e. The van der Waals surface area contributed by atoms with E-state index in [0.29, 0.717) is 47.3 Å². The number of carbonyl (C=O) groups is 2. The number of piperidine rings is 1. The van der Waals surface area contributed by atoms with Gasteiger partial charge >= 0.3 is 0 Å². The summed E-state index contributed by atoms with van der Waals surface area (Å²) in [5, 5.41) is 5.24. The van der Waals surface area contributed by atoms with Crippen molar-refractivity contribution in [1.82, 2.24) is 14.7 Å². The highest BCUT2D eigenvalue weighted by Gasteiger charge is 2.29. The Morgan fingerprint density at radius 2 is 1.80 bits per heavy atom. The molecule has 4 N–H and O–H groups in total. The van der Waals surface area contributed by atoms with Crippen LogP contribution in [0.3, 0.4) is 0 Å². The van der Waals surface area contributed by atoms with Gasteiger partial charge < -0.3 is 21.1 Å². The molecule has 1 aliphatic heterocycles. The van der Waals surface area contributed by atoms with Gasteiger partial charge in [-0.05, 0) is 67.4 Å². The number of allylic oxidation sites excluding steroid dienone is 1. The van der Waals surface area contributed by atoms with Crippen LogP contribution in [0.25, 0.3) is 11.3 Å². The van der Waals surface area contributed by atoms with Gasteiger partial charge in [-0.25, -0.2) is 9.07 Å². The van der Waals surface area contributed by atoms with Crippen molar-refractivity contribution in [3.05, 3.63) is 71.3 Å². The number of ether oxygens (including phenoxy) is 1. The van der Waals surface area contributed by atoms with Crippen LogP contribution >= 0.6 is 11.6 Å². The predicted octanol–water partition coefficient (Wildman–Crippen LogP) is 4.37. The number of nitrogen functional groups attached to an aromatic ring is 1. The van der Waals surface area contributed by atoms with Crippen molar-refractivity contribution in [2.24, 2.45) is 5.73 Å². The second-order valence-corrected chi connectivity index (χ2v) is 8.57. The Balaban J connectivity index is 1.59. The van der Waals surface area contributed by atoms with Gasteiger partial charge in [-0.2, -0.15) is 5.10 Å². The van der Waals surface area contributed by atoms with Crippen LogP contribution in [0.2, 0.25) is 5.02 Å². The molecule has 0 radical (unpaired) electrons. The number of rotatable bonds is 7. The van der Waals surface area contributed by atoms with Crippen molar-refractivity contribution in [3.8, 4) is 22.8 Å². The van der Waals surface area contributed by atoms with Crippen molar-refractivity contribution in [2.75, 3.05) is 25.5 Å². The third-order valence-electron chi connectivity index (χ3n) is 5.77. The maximum atomic E-state index is 12.4. The van der Waals surface area contributed by atoms with Gasteiger partial charge in [-0.3, -0.25) is 9.59 Å². The van der Waals surface area contributed by atoms with E-state index < -0.39 is 12.6 Å². The van der Waals surface area contributed by atoms with Crippen molar-refractivity contribution in [3.63, 3.8) is 0 Å². The van der Waals surface area contributed by atoms with Gasteiger partial charge in [0.1, 0.15) is 35.2 Å². The molecule has 2 aromatic carbocycles. The molecule has 0 spiro atoms. The van der Waals surface area contributed by atoms with E-state index >= 15 is 0 Å². The average molecular weight is 498 g/mol. The quantitative estimate of drug-likeness (QED) is 0.470. The number of anilines is 1. The van der Waals surface area contributed by atoms with Crippen LogP contribution < -0.4 is 16.2 Å². The van der Waals surface area contributed by atoms with Crippen LogP contribution in [0.1, 0.15) is 29.2 Å². The van der Waals surface area contributed by atoms with Crippen LogP contribution in [0, 0.1) is 0 Å². The Kier molecular flexibility index (Phi) is 7.36. The molecule has 4 rings (SSSR count). The van der Waals surface area contributed by atoms with Crippen LogP contribution in [0.5, 0.6) is 11.5 Å². The van der Waals surface area contributed by atoms with Crippen molar-refractivity contribution >= 4 is 29.2 Å². The second kappa shape index (κ2) is 10.6. The summed E-state index contributed by atoms with van der Waals surface area (Å²) >= 11 is 5.91. The van der Waals surface area contributed by atoms with E-state index in [4.69, 9.17) is 27.8 Å². The molecule has 1 aliphatic rings. The van der Waals surface area contributed by atoms with E-state index in [2.05, 4.69) is 5.10 Å². The Bertz CT molecular complexity index is 1240. The number of alkyl halides is 1. The number of amides is 2. The highest BCUT2D eigenvalue weighted by atomic mass is 35.5. The summed E-state index contributed by atoms with van der Waals surface area (Å²) in [7, 11) is 0. The van der Waals surface area contributed by atoms with E-state index in [0.717, 1.165) is 6.42 Å². The van der Waals surface area contributed by atoms with Crippen molar-refractivity contribution in [1.29, 1.82) is 0 Å². The van der Waals surface area contributed by atoms with E-state index in [1.807, 2.05) is 0 Å². The lowest BCUT2D eigenvalue weighted by molar-refractivity contribution is -0.127. The number of hydrogen-bond acceptors (Lipinski definition) is 5. The van der Waals surface area contributed by atoms with Gasteiger partial charge in [-0.15, -0.1) is 0 Å². The van der Waals surface area contributed by atoms with Gasteiger partial charge in [0, 0.05) is 29.8 Å². The molecule has 1 fully saturated rings. The van der Waals surface area contributed by atoms with Gasteiger partial charge in [0.05, 0.1) is 6.04 Å². The number of nitrogens with zero attached hydrogens (tertiary/aromatic N) is 3. The topological polar surface area (TPSA) is 116 Å². The molecule has 0 aliphatic carbocycles. The largest absolute Gasteiger partial charge is 0.457 e. The number of primary amides is 1. The molecule has 3 aromatic rings. The van der Waals surface area contributed by atoms with Crippen molar-refractivity contribution in [2.45, 2.75) is 18.9 Å². The Morgan fingerprint density at radius 3 is 2.43 bits per heavy atom. The third-order valence-corrected chi connectivity index (χ3v) is 6.03. The summed E-state index contributed by atoms with van der Waals surface area (Å²) in [6.45, 7) is 0.189. The van der Waals surface area contributed by atoms with E-state index in [-0.39, 0.29) is 23.3 Å². The summed E-state index contributed by atoms with van der Waals surface area (Å²) in [5.41, 5.74) is 13.1. The Hall–Kier alpha value is -3.85. The Morgan fingerprint density at radius 1 is 1.14 bits per heavy atom. The van der Waals surface area contributed by atoms with Crippen LogP contribution in [0.15, 0.2) is 60.7 Å². The van der Waals surface area contributed by atoms with E-state index in [1.54, 1.807) is 58.1 Å². The zero-order chi connectivity index (χ0) is 24.9. The van der Waals surface area contributed by atoms with Gasteiger partial charge in [-0.1, -0.05) is 11.6 Å². The predicted molar refractivity (Wildman–Crippen MR) is 132 cm³/mol. The molecular formula is C25H25ClFN5O3. The lowest BCUT2D eigenvalue weighted by Crippen LogP contribution is -2.40. The molecule has 182 valence electrons. The standard InChI is InChI=1S/C25H25ClFN5O3/c26-17-7-11-20(12-8-17)35-19-9-5-16(6-10-19)23-22(25(29)34)24(28)32(30-23)18-3-2-14-31(15-18)21(33)4-1-13-27/h1,4-12,18H,2-3,13-15,28H2,(H2,29,34)/b4-1+. The first-order chi connectivity index (χ1) is 16.9. The minimum absolute atomic E-state index is 0.122. The molecule has 1 aromatic heterocycles. The highest BCUT2D eigenvalue weighted by molar-refractivity contribution is 6.30. The molecule has 2 amide bonds. The van der Waals surface area contributed by atoms with Crippen molar-refractivity contribution < 1.29 is 18.7 Å². The number of benzene rings is 2. The monoisotopic (exact) mass is 497 g/mol. The molecule has 2 heterocycles. The molecule has 8 nitrogen and oxygen atoms in total. The highest BCUT2D eigenvalue weighted by Crippen LogP contribution is 2.33. The minimum atomic E-state index is -0.704. The number of nitrogens with two attached hydrogens (primary N) is 2. The second-order valence-electron chi connectivity index (χ2n) is 8.14. The maximum Gasteiger partial charge on any atom is 0.254 e. The first-order valence-electron chi connectivity index (χ1n) is 11.1. The summed E-state index contributed by atoms with van der Waals surface area (Å²) < 4.78 is 19.8.